The number of benzene rings is 1. The molecule has 0 radical (unpaired) electrons. The lowest BCUT2D eigenvalue weighted by Crippen LogP contribution is -2.48. The van der Waals surface area contributed by atoms with E-state index in [-0.39, 0.29) is 35.0 Å². The van der Waals surface area contributed by atoms with Crippen molar-refractivity contribution in [3.63, 3.8) is 0 Å². The van der Waals surface area contributed by atoms with Gasteiger partial charge in [-0.2, -0.15) is 0 Å². The van der Waals surface area contributed by atoms with Crippen LogP contribution in [0.15, 0.2) is 18.2 Å². The number of piperidine rings is 1. The Balaban J connectivity index is 1.81. The lowest BCUT2D eigenvalue weighted by Gasteiger charge is -2.33. The van der Waals surface area contributed by atoms with Gasteiger partial charge in [0.05, 0.1) is 11.6 Å². The number of likely N-dealkylation sites (tertiary alicyclic amines) is 1. The third-order valence-corrected chi connectivity index (χ3v) is 6.86. The number of hydrogen-bond donors (Lipinski definition) is 1. The van der Waals surface area contributed by atoms with Gasteiger partial charge in [-0.1, -0.05) is 45.2 Å². The van der Waals surface area contributed by atoms with Gasteiger partial charge in [0.15, 0.2) is 5.78 Å². The quantitative estimate of drug-likeness (QED) is 0.725. The summed E-state index contributed by atoms with van der Waals surface area (Å²) in [5.74, 6) is -1.26. The molecule has 6 heteroatoms. The maximum atomic E-state index is 15.4. The van der Waals surface area contributed by atoms with Crippen molar-refractivity contribution < 1.29 is 18.8 Å². The number of carbonyl (C=O) groups is 3. The Bertz CT molecular complexity index is 817. The van der Waals surface area contributed by atoms with Crippen molar-refractivity contribution in [1.29, 1.82) is 0 Å². The topological polar surface area (TPSA) is 66.5 Å². The molecule has 1 heterocycles. The molecule has 0 spiro atoms. The molecule has 1 aromatic carbocycles. The average molecular weight is 431 g/mol. The lowest BCUT2D eigenvalue weighted by atomic mass is 9.80. The molecule has 3 rings (SSSR count). The van der Waals surface area contributed by atoms with E-state index in [1.165, 1.54) is 13.0 Å². The fraction of sp³-hybridized carbons (Fsp3) is 0.640. The molecule has 0 aromatic heterocycles. The van der Waals surface area contributed by atoms with Crippen LogP contribution in [0.2, 0.25) is 0 Å². The standard InChI is InChI=1S/C25H35FN2O3/c1-16(2)24(30)23(18-9-5-4-6-10-18)27-25(31)21-13-7-12-20(22(21)26)19-11-8-14-28(15-19)17(3)29/h7,12-13,16,18-19,23H,4-6,8-11,14-15H2,1-3H3,(H,27,31)/t19?,23-/m1/s1. The molecule has 1 unspecified atom stereocenters. The molecule has 5 nitrogen and oxygen atoms in total. The second-order valence-electron chi connectivity index (χ2n) is 9.42. The van der Waals surface area contributed by atoms with Crippen LogP contribution in [0.25, 0.3) is 0 Å². The zero-order valence-electron chi connectivity index (χ0n) is 19.0. The largest absolute Gasteiger partial charge is 0.342 e. The minimum Gasteiger partial charge on any atom is -0.342 e. The summed E-state index contributed by atoms with van der Waals surface area (Å²) in [7, 11) is 0. The molecule has 2 fully saturated rings. The summed E-state index contributed by atoms with van der Waals surface area (Å²) in [6.07, 6.45) is 6.68. The van der Waals surface area contributed by atoms with Gasteiger partial charge >= 0.3 is 0 Å². The van der Waals surface area contributed by atoms with Crippen LogP contribution in [-0.4, -0.2) is 41.6 Å². The fourth-order valence-corrected chi connectivity index (χ4v) is 5.02. The van der Waals surface area contributed by atoms with Crippen LogP contribution in [0, 0.1) is 17.7 Å². The predicted molar refractivity (Wildman–Crippen MR) is 118 cm³/mol. The number of nitrogens with zero attached hydrogens (tertiary/aromatic N) is 1. The van der Waals surface area contributed by atoms with Crippen LogP contribution >= 0.6 is 0 Å². The van der Waals surface area contributed by atoms with Crippen LogP contribution in [0.5, 0.6) is 0 Å². The second kappa shape index (κ2) is 10.4. The highest BCUT2D eigenvalue weighted by Crippen LogP contribution is 2.31. The number of ketones is 1. The minimum absolute atomic E-state index is 0.0125. The highest BCUT2D eigenvalue weighted by Gasteiger charge is 2.33. The smallest absolute Gasteiger partial charge is 0.254 e. The van der Waals surface area contributed by atoms with E-state index in [0.717, 1.165) is 44.9 Å². The summed E-state index contributed by atoms with van der Waals surface area (Å²) in [6.45, 7) is 6.37. The maximum Gasteiger partial charge on any atom is 0.254 e. The van der Waals surface area contributed by atoms with E-state index in [1.807, 2.05) is 13.8 Å². The summed E-state index contributed by atoms with van der Waals surface area (Å²) in [4.78, 5) is 39.4. The van der Waals surface area contributed by atoms with Crippen LogP contribution in [0.3, 0.4) is 0 Å². The van der Waals surface area contributed by atoms with Crippen molar-refractivity contribution in [2.45, 2.75) is 77.7 Å². The number of Topliss-reactive ketones (excluding diaryl/α,β-unsaturated/α-hetero) is 1. The molecule has 1 aliphatic carbocycles. The molecule has 2 atom stereocenters. The highest BCUT2D eigenvalue weighted by atomic mass is 19.1. The Hall–Kier alpha value is -2.24. The van der Waals surface area contributed by atoms with E-state index in [4.69, 9.17) is 0 Å². The molecule has 2 amide bonds. The maximum absolute atomic E-state index is 15.4. The van der Waals surface area contributed by atoms with Gasteiger partial charge in [0.1, 0.15) is 5.82 Å². The molecular weight excluding hydrogens is 395 g/mol. The van der Waals surface area contributed by atoms with Crippen molar-refractivity contribution >= 4 is 17.6 Å². The van der Waals surface area contributed by atoms with E-state index < -0.39 is 17.8 Å². The second-order valence-corrected chi connectivity index (χ2v) is 9.42. The van der Waals surface area contributed by atoms with Gasteiger partial charge in [0.2, 0.25) is 5.91 Å². The van der Waals surface area contributed by atoms with Gasteiger partial charge in [-0.25, -0.2) is 4.39 Å². The van der Waals surface area contributed by atoms with Gasteiger partial charge in [0, 0.05) is 31.8 Å². The Morgan fingerprint density at radius 3 is 2.42 bits per heavy atom. The first kappa shape index (κ1) is 23.4. The summed E-state index contributed by atoms with van der Waals surface area (Å²) >= 11 is 0. The molecule has 2 aliphatic rings. The zero-order valence-corrected chi connectivity index (χ0v) is 19.0. The molecule has 1 saturated heterocycles. The van der Waals surface area contributed by atoms with Crippen LogP contribution in [-0.2, 0) is 9.59 Å². The summed E-state index contributed by atoms with van der Waals surface area (Å²) in [5.41, 5.74) is 0.456. The van der Waals surface area contributed by atoms with Crippen molar-refractivity contribution in [1.82, 2.24) is 10.2 Å². The van der Waals surface area contributed by atoms with E-state index in [0.29, 0.717) is 18.7 Å². The Kier molecular flexibility index (Phi) is 7.84. The Morgan fingerprint density at radius 1 is 1.06 bits per heavy atom. The zero-order chi connectivity index (χ0) is 22.5. The first-order chi connectivity index (χ1) is 14.8. The van der Waals surface area contributed by atoms with Crippen molar-refractivity contribution in [2.24, 2.45) is 11.8 Å². The van der Waals surface area contributed by atoms with E-state index in [9.17, 15) is 14.4 Å². The summed E-state index contributed by atoms with van der Waals surface area (Å²) < 4.78 is 15.4. The van der Waals surface area contributed by atoms with Crippen LogP contribution < -0.4 is 5.32 Å². The molecule has 1 aromatic rings. The molecule has 1 N–H and O–H groups in total. The number of nitrogens with one attached hydrogen (secondary N) is 1. The molecule has 31 heavy (non-hydrogen) atoms. The number of carbonyl (C=O) groups excluding carboxylic acids is 3. The van der Waals surface area contributed by atoms with Crippen molar-refractivity contribution in [3.8, 4) is 0 Å². The first-order valence-electron chi connectivity index (χ1n) is 11.7. The average Bonchev–Trinajstić information content (AvgIpc) is 2.77. The monoisotopic (exact) mass is 430 g/mol. The molecule has 170 valence electrons. The molecule has 1 saturated carbocycles. The van der Waals surface area contributed by atoms with Crippen LogP contribution in [0.1, 0.15) is 87.6 Å². The lowest BCUT2D eigenvalue weighted by molar-refractivity contribution is -0.130. The summed E-state index contributed by atoms with van der Waals surface area (Å²) in [6, 6.07) is 4.31. The first-order valence-corrected chi connectivity index (χ1v) is 11.7. The number of rotatable bonds is 6. The molecule has 0 bridgehead atoms. The highest BCUT2D eigenvalue weighted by molar-refractivity contribution is 5.98. The van der Waals surface area contributed by atoms with Crippen LogP contribution in [0.4, 0.5) is 4.39 Å². The normalized spacial score (nSPS) is 21.1. The SMILES string of the molecule is CC(=O)N1CCCC(c2cccc(C(=O)N[C@@H](C(=O)C(C)C)C3CCCCC3)c2F)C1. The third kappa shape index (κ3) is 5.52. The molecule has 1 aliphatic heterocycles. The van der Waals surface area contributed by atoms with Gasteiger partial charge in [-0.05, 0) is 43.2 Å². The predicted octanol–water partition coefficient (Wildman–Crippen LogP) is 4.46. The van der Waals surface area contributed by atoms with E-state index >= 15 is 4.39 Å². The third-order valence-electron chi connectivity index (χ3n) is 6.86. The Morgan fingerprint density at radius 2 is 1.77 bits per heavy atom. The summed E-state index contributed by atoms with van der Waals surface area (Å²) in [5, 5.41) is 2.89. The van der Waals surface area contributed by atoms with Gasteiger partial charge in [-0.15, -0.1) is 0 Å². The van der Waals surface area contributed by atoms with Gasteiger partial charge in [0.25, 0.3) is 5.91 Å². The Labute approximate surface area is 184 Å². The minimum atomic E-state index is -0.571. The van der Waals surface area contributed by atoms with Gasteiger partial charge in [-0.3, -0.25) is 14.4 Å². The fourth-order valence-electron chi connectivity index (χ4n) is 5.02. The van der Waals surface area contributed by atoms with Crippen molar-refractivity contribution in [3.05, 3.63) is 35.1 Å². The number of halogens is 1. The van der Waals surface area contributed by atoms with Crippen molar-refractivity contribution in [2.75, 3.05) is 13.1 Å². The van der Waals surface area contributed by atoms with Gasteiger partial charge < -0.3 is 10.2 Å². The number of hydrogen-bond acceptors (Lipinski definition) is 3. The number of amides is 2. The molecular formula is C25H35FN2O3. The van der Waals surface area contributed by atoms with E-state index in [1.54, 1.807) is 17.0 Å². The van der Waals surface area contributed by atoms with E-state index in [2.05, 4.69) is 5.32 Å².